The largest absolute Gasteiger partial charge is 0.420 e. The van der Waals surface area contributed by atoms with Crippen LogP contribution in [0.3, 0.4) is 0 Å². The summed E-state index contributed by atoms with van der Waals surface area (Å²) in [5.41, 5.74) is -3.27. The Balaban J connectivity index is 1.74. The zero-order valence-electron chi connectivity index (χ0n) is 18.7. The first kappa shape index (κ1) is 25.0. The fraction of sp³-hybridized carbons (Fsp3) is 0.524. The summed E-state index contributed by atoms with van der Waals surface area (Å²) in [4.78, 5) is 17.0. The summed E-state index contributed by atoms with van der Waals surface area (Å²) >= 11 is 0. The minimum atomic E-state index is -4.90. The average molecular weight is 516 g/mol. The summed E-state index contributed by atoms with van der Waals surface area (Å²) in [6.45, 7) is 1.23. The molecular weight excluding hydrogens is 495 g/mol. The van der Waals surface area contributed by atoms with Crippen molar-refractivity contribution in [2.24, 2.45) is 9.78 Å². The number of nitrogens with one attached hydrogen (secondary N) is 1. The second kappa shape index (κ2) is 8.25. The molecule has 1 atom stereocenters. The van der Waals surface area contributed by atoms with Crippen LogP contribution in [0.25, 0.3) is 0 Å². The average Bonchev–Trinajstić information content (AvgIpc) is 3.46. The maximum Gasteiger partial charge on any atom is 0.420 e. The highest BCUT2D eigenvalue weighted by Gasteiger charge is 2.55. The first-order valence-corrected chi connectivity index (χ1v) is 12.5. The minimum Gasteiger partial charge on any atom is -0.320 e. The molecule has 1 amide bonds. The fourth-order valence-electron chi connectivity index (χ4n) is 4.43. The van der Waals surface area contributed by atoms with Crippen LogP contribution >= 0.6 is 0 Å². The second-order valence-corrected chi connectivity index (χ2v) is 11.6. The van der Waals surface area contributed by atoms with E-state index >= 15 is 0 Å². The second-order valence-electron chi connectivity index (χ2n) is 9.39. The molecule has 2 aliphatic rings. The van der Waals surface area contributed by atoms with E-state index in [1.165, 1.54) is 19.2 Å². The molecular formula is C21H21F5N6O2S. The maximum atomic E-state index is 14.1. The van der Waals surface area contributed by atoms with Gasteiger partial charge in [-0.1, -0.05) is 6.92 Å². The summed E-state index contributed by atoms with van der Waals surface area (Å²) in [6.07, 6.45) is -1.26. The van der Waals surface area contributed by atoms with E-state index in [4.69, 9.17) is 5.26 Å². The number of pyridine rings is 1. The minimum absolute atomic E-state index is 0.0297. The van der Waals surface area contributed by atoms with Gasteiger partial charge >= 0.3 is 6.18 Å². The van der Waals surface area contributed by atoms with E-state index < -0.39 is 63.2 Å². The lowest BCUT2D eigenvalue weighted by Crippen LogP contribution is -2.47. The smallest absolute Gasteiger partial charge is 0.320 e. The molecule has 1 N–H and O–H groups in total. The van der Waals surface area contributed by atoms with Crippen LogP contribution in [0.2, 0.25) is 0 Å². The lowest BCUT2D eigenvalue weighted by molar-refractivity contribution is -0.160. The third kappa shape index (κ3) is 5.14. The molecule has 35 heavy (non-hydrogen) atoms. The maximum absolute atomic E-state index is 14.1. The van der Waals surface area contributed by atoms with E-state index in [0.717, 1.165) is 23.2 Å². The number of nitriles is 1. The molecule has 0 spiro atoms. The van der Waals surface area contributed by atoms with E-state index in [-0.39, 0.29) is 23.0 Å². The van der Waals surface area contributed by atoms with Crippen molar-refractivity contribution in [1.29, 1.82) is 5.26 Å². The molecule has 2 heterocycles. The number of hydrogen-bond acceptors (Lipinski definition) is 6. The van der Waals surface area contributed by atoms with E-state index in [9.17, 15) is 31.0 Å². The summed E-state index contributed by atoms with van der Waals surface area (Å²) in [5.74, 6) is -4.52. The number of nitrogens with zero attached hydrogens (tertiary/aromatic N) is 5. The first-order valence-electron chi connectivity index (χ1n) is 10.6. The number of rotatable bonds is 6. The SMILES string of the molecule is CC1(Cn2nc(C3CC3)c(C(F)(F)F)c2C(=O)Nc2ccnc(S(C)(=O)=NC#N)c2)CC(F)(F)C1. The highest BCUT2D eigenvalue weighted by atomic mass is 32.2. The van der Waals surface area contributed by atoms with Gasteiger partial charge in [0.1, 0.15) is 26.0 Å². The predicted octanol–water partition coefficient (Wildman–Crippen LogP) is 4.80. The highest BCUT2D eigenvalue weighted by molar-refractivity contribution is 7.93. The van der Waals surface area contributed by atoms with Crippen LogP contribution in [-0.2, 0) is 22.5 Å². The van der Waals surface area contributed by atoms with Crippen LogP contribution in [0.15, 0.2) is 27.7 Å². The van der Waals surface area contributed by atoms with Crippen LogP contribution < -0.4 is 5.32 Å². The van der Waals surface area contributed by atoms with Crippen molar-refractivity contribution in [2.45, 2.75) is 62.2 Å². The number of hydrogen-bond donors (Lipinski definition) is 1. The summed E-state index contributed by atoms with van der Waals surface area (Å²) in [7, 11) is -3.22. The molecule has 14 heteroatoms. The van der Waals surface area contributed by atoms with Crippen molar-refractivity contribution in [1.82, 2.24) is 14.8 Å². The predicted molar refractivity (Wildman–Crippen MR) is 114 cm³/mol. The molecule has 0 aliphatic heterocycles. The highest BCUT2D eigenvalue weighted by Crippen LogP contribution is 2.53. The molecule has 2 aromatic rings. The first-order chi connectivity index (χ1) is 16.1. The number of anilines is 1. The molecule has 2 aromatic heterocycles. The van der Waals surface area contributed by atoms with Crippen LogP contribution in [0.5, 0.6) is 0 Å². The summed E-state index contributed by atoms with van der Waals surface area (Å²) in [6, 6.07) is 2.41. The summed E-state index contributed by atoms with van der Waals surface area (Å²) < 4.78 is 86.1. The van der Waals surface area contributed by atoms with Crippen molar-refractivity contribution in [3.05, 3.63) is 35.3 Å². The quantitative estimate of drug-likeness (QED) is 0.438. The number of carbonyl (C=O) groups excluding carboxylic acids is 1. The van der Waals surface area contributed by atoms with Gasteiger partial charge in [-0.25, -0.2) is 18.0 Å². The van der Waals surface area contributed by atoms with Crippen molar-refractivity contribution in [2.75, 3.05) is 11.6 Å². The Morgan fingerprint density at radius 2 is 2.03 bits per heavy atom. The Kier molecular flexibility index (Phi) is 5.90. The molecule has 0 saturated heterocycles. The molecule has 8 nitrogen and oxygen atoms in total. The van der Waals surface area contributed by atoms with E-state index in [1.54, 1.807) is 0 Å². The van der Waals surface area contributed by atoms with Crippen molar-refractivity contribution in [3.8, 4) is 6.19 Å². The molecule has 1 unspecified atom stereocenters. The number of alkyl halides is 5. The monoisotopic (exact) mass is 516 g/mol. The number of carbonyl (C=O) groups is 1. The Morgan fingerprint density at radius 3 is 2.57 bits per heavy atom. The van der Waals surface area contributed by atoms with Crippen LogP contribution in [0, 0.1) is 16.9 Å². The molecule has 0 aromatic carbocycles. The van der Waals surface area contributed by atoms with Crippen molar-refractivity contribution < 1.29 is 31.0 Å². The van der Waals surface area contributed by atoms with Gasteiger partial charge in [0.2, 0.25) is 12.1 Å². The Bertz CT molecular complexity index is 1340. The third-order valence-corrected chi connectivity index (χ3v) is 7.37. The van der Waals surface area contributed by atoms with Crippen LogP contribution in [0.1, 0.15) is 60.3 Å². The normalized spacial score (nSPS) is 20.3. The Hall–Kier alpha value is -3.08. The van der Waals surface area contributed by atoms with Gasteiger partial charge in [0.05, 0.1) is 5.69 Å². The number of amides is 1. The lowest BCUT2D eigenvalue weighted by Gasteiger charge is -2.44. The Morgan fingerprint density at radius 1 is 1.37 bits per heavy atom. The van der Waals surface area contributed by atoms with Crippen molar-refractivity contribution >= 4 is 21.3 Å². The molecule has 0 bridgehead atoms. The van der Waals surface area contributed by atoms with Crippen LogP contribution in [-0.4, -0.2) is 37.1 Å². The van der Waals surface area contributed by atoms with E-state index in [1.807, 2.05) is 0 Å². The molecule has 0 radical (unpaired) electrons. The standard InChI is InChI=1S/C21H21F5N6O2S/c1-19(8-20(22,23)9-19)10-32-17(15(21(24,25)26)16(31-32)12-3-4-12)18(33)30-13-5-6-28-14(7-13)35(2,34)29-11-27/h5-7,12H,3-4,8-10H2,1-2H3,(H,28,30,33). The van der Waals surface area contributed by atoms with Crippen LogP contribution in [0.4, 0.5) is 27.6 Å². The van der Waals surface area contributed by atoms with E-state index in [2.05, 4.69) is 19.8 Å². The number of halogens is 5. The van der Waals surface area contributed by atoms with Gasteiger partial charge in [-0.15, -0.1) is 4.36 Å². The van der Waals surface area contributed by atoms with Gasteiger partial charge in [-0.2, -0.15) is 23.5 Å². The van der Waals surface area contributed by atoms with Gasteiger partial charge in [-0.3, -0.25) is 9.48 Å². The van der Waals surface area contributed by atoms with Gasteiger partial charge < -0.3 is 5.32 Å². The van der Waals surface area contributed by atoms with E-state index in [0.29, 0.717) is 12.8 Å². The van der Waals surface area contributed by atoms with Gasteiger partial charge in [0, 0.05) is 43.4 Å². The van der Waals surface area contributed by atoms with Crippen molar-refractivity contribution in [3.63, 3.8) is 0 Å². The fourth-order valence-corrected chi connectivity index (χ4v) is 5.28. The lowest BCUT2D eigenvalue weighted by atomic mass is 9.67. The van der Waals surface area contributed by atoms with Gasteiger partial charge in [0.25, 0.3) is 5.91 Å². The third-order valence-electron chi connectivity index (χ3n) is 5.94. The molecule has 2 fully saturated rings. The molecule has 188 valence electrons. The van der Waals surface area contributed by atoms with Gasteiger partial charge in [-0.05, 0) is 30.4 Å². The molecule has 4 rings (SSSR count). The zero-order chi connectivity index (χ0) is 25.8. The zero-order valence-corrected chi connectivity index (χ0v) is 19.5. The topological polar surface area (TPSA) is 113 Å². The molecule has 2 aliphatic carbocycles. The van der Waals surface area contributed by atoms with Gasteiger partial charge in [0.15, 0.2) is 0 Å². The summed E-state index contributed by atoms with van der Waals surface area (Å²) in [5, 5.41) is 15.0. The Labute approximate surface area is 197 Å². The number of aromatic nitrogens is 3. The molecule has 2 saturated carbocycles.